The first-order valence-corrected chi connectivity index (χ1v) is 7.86. The van der Waals surface area contributed by atoms with Gasteiger partial charge >= 0.3 is 0 Å². The van der Waals surface area contributed by atoms with Crippen LogP contribution in [0.4, 0.5) is 0 Å². The van der Waals surface area contributed by atoms with Crippen LogP contribution in [0.15, 0.2) is 36.7 Å². The number of hydrogen-bond donors (Lipinski definition) is 1. The quantitative estimate of drug-likeness (QED) is 0.922. The lowest BCUT2D eigenvalue weighted by atomic mass is 10.0. The van der Waals surface area contributed by atoms with E-state index in [4.69, 9.17) is 11.6 Å². The largest absolute Gasteiger partial charge is 0.346 e. The van der Waals surface area contributed by atoms with Crippen LogP contribution in [0.2, 0.25) is 5.02 Å². The van der Waals surface area contributed by atoms with Crippen LogP contribution < -0.4 is 5.32 Å². The maximum Gasteiger partial charge on any atom is 0.254 e. The minimum atomic E-state index is -0.131. The van der Waals surface area contributed by atoms with Crippen LogP contribution in [0.5, 0.6) is 0 Å². The topological polar surface area (TPSA) is 54.9 Å². The van der Waals surface area contributed by atoms with Gasteiger partial charge in [0.2, 0.25) is 0 Å². The number of rotatable bonds is 5. The van der Waals surface area contributed by atoms with E-state index in [1.54, 1.807) is 12.4 Å². The Kier molecular flexibility index (Phi) is 4.12. The molecule has 0 atom stereocenters. The van der Waals surface area contributed by atoms with E-state index in [9.17, 15) is 4.79 Å². The van der Waals surface area contributed by atoms with Crippen molar-refractivity contribution >= 4 is 17.5 Å². The minimum Gasteiger partial charge on any atom is -0.346 e. The van der Waals surface area contributed by atoms with Crippen molar-refractivity contribution < 1.29 is 4.79 Å². The molecule has 1 amide bonds. The van der Waals surface area contributed by atoms with Gasteiger partial charge in [0.25, 0.3) is 5.91 Å². The van der Waals surface area contributed by atoms with Crippen molar-refractivity contribution in [2.75, 3.05) is 0 Å². The first-order chi connectivity index (χ1) is 10.6. The van der Waals surface area contributed by atoms with Crippen LogP contribution in [-0.4, -0.2) is 21.4 Å². The van der Waals surface area contributed by atoms with Gasteiger partial charge < -0.3 is 5.32 Å². The molecule has 114 valence electrons. The molecule has 1 aliphatic carbocycles. The normalized spacial score (nSPS) is 15.4. The molecule has 1 saturated carbocycles. The SMILES string of the molecule is CCc1ncc(C(=O)NC2(Cc3ccc(Cl)cc3)CC2)cn1. The molecule has 2 aromatic rings. The second-order valence-electron chi connectivity index (χ2n) is 5.78. The Hall–Kier alpha value is -1.94. The Morgan fingerprint density at radius 1 is 1.23 bits per heavy atom. The Morgan fingerprint density at radius 3 is 2.41 bits per heavy atom. The Bertz CT molecular complexity index is 663. The third-order valence-electron chi connectivity index (χ3n) is 3.97. The summed E-state index contributed by atoms with van der Waals surface area (Å²) < 4.78 is 0. The molecule has 0 aliphatic heterocycles. The number of amides is 1. The second kappa shape index (κ2) is 6.05. The maximum absolute atomic E-state index is 12.3. The zero-order valence-corrected chi connectivity index (χ0v) is 13.2. The van der Waals surface area contributed by atoms with Crippen LogP contribution in [0.25, 0.3) is 0 Å². The highest BCUT2D eigenvalue weighted by molar-refractivity contribution is 6.30. The highest BCUT2D eigenvalue weighted by Gasteiger charge is 2.44. The average Bonchev–Trinajstić information content (AvgIpc) is 3.29. The Morgan fingerprint density at radius 2 is 1.86 bits per heavy atom. The highest BCUT2D eigenvalue weighted by Crippen LogP contribution is 2.39. The molecule has 0 unspecified atom stereocenters. The number of aryl methyl sites for hydroxylation is 1. The van der Waals surface area contributed by atoms with E-state index >= 15 is 0 Å². The number of halogens is 1. The summed E-state index contributed by atoms with van der Waals surface area (Å²) in [5, 5.41) is 3.86. The molecule has 1 aliphatic rings. The Balaban J connectivity index is 1.66. The average molecular weight is 316 g/mol. The van der Waals surface area contributed by atoms with E-state index in [1.807, 2.05) is 31.2 Å². The number of carbonyl (C=O) groups is 1. The highest BCUT2D eigenvalue weighted by atomic mass is 35.5. The number of hydrogen-bond acceptors (Lipinski definition) is 3. The molecule has 1 fully saturated rings. The molecule has 1 heterocycles. The van der Waals surface area contributed by atoms with Crippen molar-refractivity contribution in [2.45, 2.75) is 38.1 Å². The summed E-state index contributed by atoms with van der Waals surface area (Å²) in [6.45, 7) is 1.99. The number of carbonyl (C=O) groups excluding carboxylic acids is 1. The lowest BCUT2D eigenvalue weighted by molar-refractivity contribution is 0.0930. The fraction of sp³-hybridized carbons (Fsp3) is 0.353. The molecular formula is C17H18ClN3O. The molecule has 1 N–H and O–H groups in total. The number of nitrogens with one attached hydrogen (secondary N) is 1. The Labute approximate surface area is 134 Å². The van der Waals surface area contributed by atoms with Gasteiger partial charge in [0.1, 0.15) is 5.82 Å². The molecule has 0 saturated heterocycles. The first-order valence-electron chi connectivity index (χ1n) is 7.48. The van der Waals surface area contributed by atoms with Crippen molar-refractivity contribution in [3.05, 3.63) is 58.6 Å². The summed E-state index contributed by atoms with van der Waals surface area (Å²) in [7, 11) is 0. The summed E-state index contributed by atoms with van der Waals surface area (Å²) in [6.07, 6.45) is 6.77. The van der Waals surface area contributed by atoms with Gasteiger partial charge in [-0.1, -0.05) is 30.7 Å². The van der Waals surface area contributed by atoms with Crippen molar-refractivity contribution in [1.29, 1.82) is 0 Å². The van der Waals surface area contributed by atoms with Gasteiger partial charge in [-0.15, -0.1) is 0 Å². The molecular weight excluding hydrogens is 298 g/mol. The number of benzene rings is 1. The van der Waals surface area contributed by atoms with Crippen LogP contribution in [-0.2, 0) is 12.8 Å². The fourth-order valence-electron chi connectivity index (χ4n) is 2.46. The summed E-state index contributed by atoms with van der Waals surface area (Å²) in [5.74, 6) is 0.646. The summed E-state index contributed by atoms with van der Waals surface area (Å²) in [5.41, 5.74) is 1.56. The van der Waals surface area contributed by atoms with Gasteiger partial charge in [-0.3, -0.25) is 4.79 Å². The zero-order valence-electron chi connectivity index (χ0n) is 12.5. The third-order valence-corrected chi connectivity index (χ3v) is 4.22. The van der Waals surface area contributed by atoms with Gasteiger partial charge in [-0.2, -0.15) is 0 Å². The van der Waals surface area contributed by atoms with E-state index in [-0.39, 0.29) is 11.4 Å². The van der Waals surface area contributed by atoms with E-state index in [0.717, 1.165) is 36.5 Å². The standard InChI is InChI=1S/C17H18ClN3O/c1-2-15-19-10-13(11-20-15)16(22)21-17(7-8-17)9-12-3-5-14(18)6-4-12/h3-6,10-11H,2,7-9H2,1H3,(H,21,22). The molecule has 0 bridgehead atoms. The molecule has 0 radical (unpaired) electrons. The van der Waals surface area contributed by atoms with Gasteiger partial charge in [-0.25, -0.2) is 9.97 Å². The van der Waals surface area contributed by atoms with E-state index in [2.05, 4.69) is 15.3 Å². The third kappa shape index (κ3) is 3.45. The molecule has 5 heteroatoms. The molecule has 1 aromatic carbocycles. The van der Waals surface area contributed by atoms with E-state index in [0.29, 0.717) is 5.56 Å². The van der Waals surface area contributed by atoms with Crippen LogP contribution in [0.3, 0.4) is 0 Å². The van der Waals surface area contributed by atoms with E-state index in [1.165, 1.54) is 5.56 Å². The van der Waals surface area contributed by atoms with Crippen molar-refractivity contribution in [3.63, 3.8) is 0 Å². The lowest BCUT2D eigenvalue weighted by Gasteiger charge is -2.17. The van der Waals surface area contributed by atoms with Crippen LogP contribution >= 0.6 is 11.6 Å². The van der Waals surface area contributed by atoms with Crippen LogP contribution in [0, 0.1) is 0 Å². The summed E-state index contributed by atoms with van der Waals surface area (Å²) in [6, 6.07) is 7.78. The monoisotopic (exact) mass is 315 g/mol. The predicted molar refractivity (Wildman–Crippen MR) is 86.0 cm³/mol. The first kappa shape index (κ1) is 15.0. The smallest absolute Gasteiger partial charge is 0.254 e. The second-order valence-corrected chi connectivity index (χ2v) is 6.22. The van der Waals surface area contributed by atoms with Gasteiger partial charge in [0, 0.05) is 29.4 Å². The molecule has 22 heavy (non-hydrogen) atoms. The lowest BCUT2D eigenvalue weighted by Crippen LogP contribution is -2.38. The number of nitrogens with zero attached hydrogens (tertiary/aromatic N) is 2. The molecule has 1 aromatic heterocycles. The van der Waals surface area contributed by atoms with Gasteiger partial charge in [0.15, 0.2) is 0 Å². The molecule has 4 nitrogen and oxygen atoms in total. The zero-order chi connectivity index (χ0) is 15.6. The van der Waals surface area contributed by atoms with Crippen molar-refractivity contribution in [3.8, 4) is 0 Å². The fourth-order valence-corrected chi connectivity index (χ4v) is 2.58. The van der Waals surface area contributed by atoms with Gasteiger partial charge in [0.05, 0.1) is 5.56 Å². The maximum atomic E-state index is 12.3. The van der Waals surface area contributed by atoms with E-state index < -0.39 is 0 Å². The number of aromatic nitrogens is 2. The molecule has 3 rings (SSSR count). The minimum absolute atomic E-state index is 0.103. The van der Waals surface area contributed by atoms with Crippen molar-refractivity contribution in [1.82, 2.24) is 15.3 Å². The van der Waals surface area contributed by atoms with Gasteiger partial charge in [-0.05, 0) is 37.0 Å². The summed E-state index contributed by atoms with van der Waals surface area (Å²) >= 11 is 5.90. The van der Waals surface area contributed by atoms with Crippen molar-refractivity contribution in [2.24, 2.45) is 0 Å². The molecule has 0 spiro atoms. The summed E-state index contributed by atoms with van der Waals surface area (Å²) in [4.78, 5) is 20.7. The predicted octanol–water partition coefficient (Wildman–Crippen LogP) is 3.20. The van der Waals surface area contributed by atoms with Crippen LogP contribution in [0.1, 0.15) is 41.5 Å².